The molecule has 1 aromatic rings. The number of hydrazine groups is 1. The molecule has 1 saturated heterocycles. The zero-order valence-corrected chi connectivity index (χ0v) is 10.8. The van der Waals surface area contributed by atoms with Crippen LogP contribution >= 0.6 is 0 Å². The molecule has 2 rings (SSSR count). The smallest absolute Gasteiger partial charge is 0.217 e. The summed E-state index contributed by atoms with van der Waals surface area (Å²) in [4.78, 5) is 4.22. The van der Waals surface area contributed by atoms with Gasteiger partial charge in [0.25, 0.3) is 0 Å². The molecule has 1 aliphatic heterocycles. The SMILES string of the molecule is COc1ncccc1C(CC1CCOCC1)NN. The normalized spacial score (nSPS) is 18.6. The Kier molecular flexibility index (Phi) is 4.92. The monoisotopic (exact) mass is 251 g/mol. The zero-order valence-electron chi connectivity index (χ0n) is 10.8. The first-order valence-corrected chi connectivity index (χ1v) is 6.38. The van der Waals surface area contributed by atoms with Crippen molar-refractivity contribution in [3.05, 3.63) is 23.9 Å². The summed E-state index contributed by atoms with van der Waals surface area (Å²) in [6.07, 6.45) is 4.91. The van der Waals surface area contributed by atoms with Gasteiger partial charge in [-0.05, 0) is 31.2 Å². The quantitative estimate of drug-likeness (QED) is 0.611. The number of nitrogens with zero attached hydrogens (tertiary/aromatic N) is 1. The molecular formula is C13H21N3O2. The molecular weight excluding hydrogens is 230 g/mol. The highest BCUT2D eigenvalue weighted by molar-refractivity contribution is 5.28. The number of nitrogens with one attached hydrogen (secondary N) is 1. The first kappa shape index (κ1) is 13.3. The van der Waals surface area contributed by atoms with E-state index >= 15 is 0 Å². The van der Waals surface area contributed by atoms with Gasteiger partial charge in [0.15, 0.2) is 0 Å². The summed E-state index contributed by atoms with van der Waals surface area (Å²) in [5.74, 6) is 6.97. The van der Waals surface area contributed by atoms with Gasteiger partial charge in [0, 0.05) is 25.0 Å². The molecule has 0 bridgehead atoms. The lowest BCUT2D eigenvalue weighted by atomic mass is 9.90. The van der Waals surface area contributed by atoms with Gasteiger partial charge in [0.1, 0.15) is 0 Å². The molecule has 0 spiro atoms. The molecule has 0 saturated carbocycles. The van der Waals surface area contributed by atoms with Crippen molar-refractivity contribution in [2.24, 2.45) is 11.8 Å². The van der Waals surface area contributed by atoms with Crippen LogP contribution in [0.4, 0.5) is 0 Å². The standard InChI is InChI=1S/C13H21N3O2/c1-17-13-11(3-2-6-15-13)12(16-14)9-10-4-7-18-8-5-10/h2-3,6,10,12,16H,4-5,7-9,14H2,1H3. The second-order valence-corrected chi connectivity index (χ2v) is 4.61. The summed E-state index contributed by atoms with van der Waals surface area (Å²) in [7, 11) is 1.63. The fourth-order valence-electron chi connectivity index (χ4n) is 2.44. The first-order chi connectivity index (χ1) is 8.85. The molecule has 0 aliphatic carbocycles. The molecule has 100 valence electrons. The van der Waals surface area contributed by atoms with Gasteiger partial charge in [-0.2, -0.15) is 0 Å². The Labute approximate surface area is 108 Å². The molecule has 1 atom stereocenters. The highest BCUT2D eigenvalue weighted by Gasteiger charge is 2.22. The lowest BCUT2D eigenvalue weighted by molar-refractivity contribution is 0.0604. The van der Waals surface area contributed by atoms with Crippen LogP contribution in [0.3, 0.4) is 0 Å². The second-order valence-electron chi connectivity index (χ2n) is 4.61. The van der Waals surface area contributed by atoms with Crippen molar-refractivity contribution >= 4 is 0 Å². The summed E-state index contributed by atoms with van der Waals surface area (Å²) < 4.78 is 10.7. The molecule has 1 aliphatic rings. The van der Waals surface area contributed by atoms with Crippen LogP contribution in [0, 0.1) is 5.92 Å². The Bertz CT molecular complexity index is 367. The zero-order chi connectivity index (χ0) is 12.8. The van der Waals surface area contributed by atoms with Crippen LogP contribution < -0.4 is 16.0 Å². The van der Waals surface area contributed by atoms with E-state index in [1.54, 1.807) is 13.3 Å². The molecule has 2 heterocycles. The molecule has 18 heavy (non-hydrogen) atoms. The molecule has 1 unspecified atom stereocenters. The number of hydrogen-bond acceptors (Lipinski definition) is 5. The number of hydrogen-bond donors (Lipinski definition) is 2. The van der Waals surface area contributed by atoms with Gasteiger partial charge in [-0.25, -0.2) is 4.98 Å². The van der Waals surface area contributed by atoms with Crippen molar-refractivity contribution < 1.29 is 9.47 Å². The van der Waals surface area contributed by atoms with E-state index in [1.807, 2.05) is 12.1 Å². The lowest BCUT2D eigenvalue weighted by Gasteiger charge is -2.26. The predicted molar refractivity (Wildman–Crippen MR) is 69.0 cm³/mol. The maximum atomic E-state index is 5.68. The van der Waals surface area contributed by atoms with Gasteiger partial charge in [-0.3, -0.25) is 11.3 Å². The van der Waals surface area contributed by atoms with E-state index in [0.29, 0.717) is 11.8 Å². The molecule has 5 nitrogen and oxygen atoms in total. The number of nitrogens with two attached hydrogens (primary N) is 1. The summed E-state index contributed by atoms with van der Waals surface area (Å²) in [6, 6.07) is 4.00. The third-order valence-electron chi connectivity index (χ3n) is 3.48. The topological polar surface area (TPSA) is 69.4 Å². The van der Waals surface area contributed by atoms with Crippen LogP contribution in [-0.4, -0.2) is 25.3 Å². The van der Waals surface area contributed by atoms with Gasteiger partial charge < -0.3 is 9.47 Å². The van der Waals surface area contributed by atoms with Crippen molar-refractivity contribution in [3.63, 3.8) is 0 Å². The third kappa shape index (κ3) is 3.19. The minimum absolute atomic E-state index is 0.0803. The Morgan fingerprint density at radius 1 is 1.56 bits per heavy atom. The van der Waals surface area contributed by atoms with E-state index in [2.05, 4.69) is 10.4 Å². The highest BCUT2D eigenvalue weighted by Crippen LogP contribution is 2.30. The molecule has 1 fully saturated rings. The van der Waals surface area contributed by atoms with Crippen LogP contribution in [-0.2, 0) is 4.74 Å². The fourth-order valence-corrected chi connectivity index (χ4v) is 2.44. The van der Waals surface area contributed by atoms with Gasteiger partial charge in [-0.15, -0.1) is 0 Å². The number of aromatic nitrogens is 1. The Hall–Kier alpha value is -1.17. The summed E-state index contributed by atoms with van der Waals surface area (Å²) in [5, 5.41) is 0. The van der Waals surface area contributed by atoms with Crippen molar-refractivity contribution in [2.45, 2.75) is 25.3 Å². The number of ether oxygens (including phenoxy) is 2. The van der Waals surface area contributed by atoms with Crippen molar-refractivity contribution in [1.29, 1.82) is 0 Å². The maximum Gasteiger partial charge on any atom is 0.217 e. The maximum absolute atomic E-state index is 5.68. The fraction of sp³-hybridized carbons (Fsp3) is 0.615. The Morgan fingerprint density at radius 3 is 3.00 bits per heavy atom. The minimum Gasteiger partial charge on any atom is -0.481 e. The minimum atomic E-state index is 0.0803. The van der Waals surface area contributed by atoms with E-state index in [4.69, 9.17) is 15.3 Å². The van der Waals surface area contributed by atoms with Crippen LogP contribution in [0.5, 0.6) is 5.88 Å². The third-order valence-corrected chi connectivity index (χ3v) is 3.48. The summed E-state index contributed by atoms with van der Waals surface area (Å²) >= 11 is 0. The molecule has 1 aromatic heterocycles. The molecule has 0 amide bonds. The average molecular weight is 251 g/mol. The van der Waals surface area contributed by atoms with E-state index in [0.717, 1.165) is 38.0 Å². The molecule has 5 heteroatoms. The Morgan fingerprint density at radius 2 is 2.33 bits per heavy atom. The number of rotatable bonds is 5. The van der Waals surface area contributed by atoms with E-state index < -0.39 is 0 Å². The van der Waals surface area contributed by atoms with Crippen molar-refractivity contribution in [1.82, 2.24) is 10.4 Å². The van der Waals surface area contributed by atoms with Gasteiger partial charge in [0.05, 0.1) is 13.2 Å². The number of methoxy groups -OCH3 is 1. The summed E-state index contributed by atoms with van der Waals surface area (Å²) in [5.41, 5.74) is 3.90. The van der Waals surface area contributed by atoms with E-state index in [1.165, 1.54) is 0 Å². The van der Waals surface area contributed by atoms with Gasteiger partial charge in [0.2, 0.25) is 5.88 Å². The van der Waals surface area contributed by atoms with Gasteiger partial charge >= 0.3 is 0 Å². The van der Waals surface area contributed by atoms with Crippen LogP contribution in [0.2, 0.25) is 0 Å². The van der Waals surface area contributed by atoms with E-state index in [9.17, 15) is 0 Å². The van der Waals surface area contributed by atoms with Crippen LogP contribution in [0.15, 0.2) is 18.3 Å². The first-order valence-electron chi connectivity index (χ1n) is 6.38. The van der Waals surface area contributed by atoms with E-state index in [-0.39, 0.29) is 6.04 Å². The van der Waals surface area contributed by atoms with Gasteiger partial charge in [-0.1, -0.05) is 6.07 Å². The molecule has 0 aromatic carbocycles. The Balaban J connectivity index is 2.07. The largest absolute Gasteiger partial charge is 0.481 e. The second kappa shape index (κ2) is 6.68. The lowest BCUT2D eigenvalue weighted by Crippen LogP contribution is -2.31. The van der Waals surface area contributed by atoms with Crippen molar-refractivity contribution in [3.8, 4) is 5.88 Å². The highest BCUT2D eigenvalue weighted by atomic mass is 16.5. The summed E-state index contributed by atoms with van der Waals surface area (Å²) in [6.45, 7) is 1.71. The average Bonchev–Trinajstić information content (AvgIpc) is 2.46. The molecule has 0 radical (unpaired) electrons. The van der Waals surface area contributed by atoms with Crippen LogP contribution in [0.25, 0.3) is 0 Å². The molecule has 3 N–H and O–H groups in total. The predicted octanol–water partition coefficient (Wildman–Crippen LogP) is 1.41. The van der Waals surface area contributed by atoms with Crippen LogP contribution in [0.1, 0.15) is 30.9 Å². The number of pyridine rings is 1. The van der Waals surface area contributed by atoms with Crippen molar-refractivity contribution in [2.75, 3.05) is 20.3 Å².